The van der Waals surface area contributed by atoms with Crippen LogP contribution in [0, 0.1) is 0 Å². The van der Waals surface area contributed by atoms with Crippen LogP contribution in [0.2, 0.25) is 0 Å². The van der Waals surface area contributed by atoms with Crippen LogP contribution in [0.3, 0.4) is 0 Å². The van der Waals surface area contributed by atoms with Crippen molar-refractivity contribution in [3.8, 4) is 0 Å². The number of allylic oxidation sites excluding steroid dienone is 3. The van der Waals surface area contributed by atoms with Crippen molar-refractivity contribution in [2.45, 2.75) is 20.8 Å². The molecule has 0 aromatic rings. The lowest BCUT2D eigenvalue weighted by Gasteiger charge is -2.05. The minimum atomic E-state index is 0.966. The van der Waals surface area contributed by atoms with Crippen molar-refractivity contribution in [2.24, 2.45) is 0 Å². The van der Waals surface area contributed by atoms with E-state index >= 15 is 0 Å². The van der Waals surface area contributed by atoms with E-state index < -0.39 is 0 Å². The van der Waals surface area contributed by atoms with Gasteiger partial charge in [-0.05, 0) is 26.3 Å². The van der Waals surface area contributed by atoms with Gasteiger partial charge in [-0.2, -0.15) is 0 Å². The quantitative estimate of drug-likeness (QED) is 0.611. The predicted molar refractivity (Wildman–Crippen MR) is 51.4 cm³/mol. The molecule has 1 heteroatoms. The van der Waals surface area contributed by atoms with Crippen molar-refractivity contribution in [1.82, 2.24) is 5.32 Å². The Morgan fingerprint density at radius 2 is 1.91 bits per heavy atom. The molecule has 1 N–H and O–H groups in total. The van der Waals surface area contributed by atoms with Crippen molar-refractivity contribution in [1.29, 1.82) is 0 Å². The van der Waals surface area contributed by atoms with Gasteiger partial charge >= 0.3 is 0 Å². The summed E-state index contributed by atoms with van der Waals surface area (Å²) in [6.45, 7) is 10.0. The highest BCUT2D eigenvalue weighted by atomic mass is 14.8. The molecule has 0 heterocycles. The molecule has 0 aliphatic carbocycles. The maximum Gasteiger partial charge on any atom is 0.0334 e. The Hall–Kier alpha value is -0.980. The molecule has 0 aromatic heterocycles. The van der Waals surface area contributed by atoms with Gasteiger partial charge in [-0.25, -0.2) is 0 Å². The highest BCUT2D eigenvalue weighted by molar-refractivity contribution is 5.37. The van der Waals surface area contributed by atoms with E-state index in [1.807, 2.05) is 20.0 Å². The molecule has 0 aromatic carbocycles. The first-order chi connectivity index (χ1) is 5.11. The van der Waals surface area contributed by atoms with Crippen molar-refractivity contribution in [3.63, 3.8) is 0 Å². The van der Waals surface area contributed by atoms with Gasteiger partial charge in [-0.3, -0.25) is 0 Å². The summed E-state index contributed by atoms with van der Waals surface area (Å²) in [6.07, 6.45) is 4.16. The Morgan fingerprint density at radius 3 is 2.18 bits per heavy atom. The Bertz CT molecular complexity index is 193. The smallest absolute Gasteiger partial charge is 0.0334 e. The van der Waals surface area contributed by atoms with E-state index in [0.717, 1.165) is 11.3 Å². The molecule has 0 bridgehead atoms. The Balaban J connectivity index is 4.45. The van der Waals surface area contributed by atoms with Crippen molar-refractivity contribution in [3.05, 3.63) is 35.6 Å². The summed E-state index contributed by atoms with van der Waals surface area (Å²) in [5, 5.41) is 3.01. The standard InChI is InChI=1S/C10H17N/c1-6-10(7-8(2)3)9(4)11-5/h6-7,11H,4H2,1-3,5H3/b10-6+. The van der Waals surface area contributed by atoms with Crippen molar-refractivity contribution >= 4 is 0 Å². The molecule has 0 saturated carbocycles. The van der Waals surface area contributed by atoms with E-state index in [2.05, 4.69) is 31.8 Å². The monoisotopic (exact) mass is 151 g/mol. The van der Waals surface area contributed by atoms with Crippen LogP contribution in [0.15, 0.2) is 35.6 Å². The van der Waals surface area contributed by atoms with E-state index in [1.165, 1.54) is 5.57 Å². The van der Waals surface area contributed by atoms with Crippen LogP contribution in [0.4, 0.5) is 0 Å². The molecular formula is C10H17N. The fourth-order valence-electron chi connectivity index (χ4n) is 0.800. The summed E-state index contributed by atoms with van der Waals surface area (Å²) >= 11 is 0. The normalized spacial score (nSPS) is 10.7. The Labute approximate surface area is 69.5 Å². The molecule has 62 valence electrons. The third-order valence-corrected chi connectivity index (χ3v) is 1.41. The first-order valence-electron chi connectivity index (χ1n) is 3.80. The fourth-order valence-corrected chi connectivity index (χ4v) is 0.800. The average molecular weight is 151 g/mol. The summed E-state index contributed by atoms with van der Waals surface area (Å²) in [5.41, 5.74) is 3.41. The summed E-state index contributed by atoms with van der Waals surface area (Å²) < 4.78 is 0. The molecule has 0 unspecified atom stereocenters. The van der Waals surface area contributed by atoms with Gasteiger partial charge in [-0.15, -0.1) is 0 Å². The second-order valence-electron chi connectivity index (χ2n) is 2.69. The number of hydrogen-bond acceptors (Lipinski definition) is 1. The summed E-state index contributed by atoms with van der Waals surface area (Å²) in [6, 6.07) is 0. The Morgan fingerprint density at radius 1 is 1.36 bits per heavy atom. The van der Waals surface area contributed by atoms with Crippen LogP contribution in [0.1, 0.15) is 20.8 Å². The number of rotatable bonds is 3. The topological polar surface area (TPSA) is 12.0 Å². The first-order valence-corrected chi connectivity index (χ1v) is 3.80. The zero-order valence-corrected chi connectivity index (χ0v) is 7.86. The maximum atomic E-state index is 3.87. The Kier molecular flexibility index (Phi) is 4.35. The molecule has 0 fully saturated rings. The molecule has 0 radical (unpaired) electrons. The highest BCUT2D eigenvalue weighted by Crippen LogP contribution is 2.08. The van der Waals surface area contributed by atoms with Crippen molar-refractivity contribution < 1.29 is 0 Å². The van der Waals surface area contributed by atoms with Gasteiger partial charge in [0.15, 0.2) is 0 Å². The van der Waals surface area contributed by atoms with E-state index in [9.17, 15) is 0 Å². The lowest BCUT2D eigenvalue weighted by atomic mass is 10.1. The molecule has 1 nitrogen and oxygen atoms in total. The SMILES string of the molecule is C=C(NC)/C(C=C(C)C)=C/C. The van der Waals surface area contributed by atoms with Crippen LogP contribution in [0.25, 0.3) is 0 Å². The summed E-state index contributed by atoms with van der Waals surface area (Å²) in [7, 11) is 1.88. The summed E-state index contributed by atoms with van der Waals surface area (Å²) in [5.74, 6) is 0. The van der Waals surface area contributed by atoms with Gasteiger partial charge in [0.1, 0.15) is 0 Å². The molecule has 0 spiro atoms. The third kappa shape index (κ3) is 3.66. The number of likely N-dealkylation sites (N-methyl/N-ethyl adjacent to an activating group) is 1. The summed E-state index contributed by atoms with van der Waals surface area (Å²) in [4.78, 5) is 0. The minimum Gasteiger partial charge on any atom is -0.388 e. The molecule has 0 aliphatic rings. The average Bonchev–Trinajstić information content (AvgIpc) is 1.98. The van der Waals surface area contributed by atoms with Crippen LogP contribution in [-0.2, 0) is 0 Å². The van der Waals surface area contributed by atoms with Crippen molar-refractivity contribution in [2.75, 3.05) is 7.05 Å². The van der Waals surface area contributed by atoms with Crippen LogP contribution < -0.4 is 5.32 Å². The van der Waals surface area contributed by atoms with Gasteiger partial charge in [0.2, 0.25) is 0 Å². The van der Waals surface area contributed by atoms with E-state index in [1.54, 1.807) is 0 Å². The lowest BCUT2D eigenvalue weighted by Crippen LogP contribution is -2.05. The third-order valence-electron chi connectivity index (χ3n) is 1.41. The van der Waals surface area contributed by atoms with Gasteiger partial charge in [-0.1, -0.05) is 24.3 Å². The second-order valence-corrected chi connectivity index (χ2v) is 2.69. The molecule has 0 saturated heterocycles. The van der Waals surface area contributed by atoms with Gasteiger partial charge in [0.25, 0.3) is 0 Å². The fraction of sp³-hybridized carbons (Fsp3) is 0.400. The van der Waals surface area contributed by atoms with E-state index in [-0.39, 0.29) is 0 Å². The molecule has 0 rings (SSSR count). The number of hydrogen-bond donors (Lipinski definition) is 1. The highest BCUT2D eigenvalue weighted by Gasteiger charge is 1.93. The van der Waals surface area contributed by atoms with Gasteiger partial charge < -0.3 is 5.32 Å². The minimum absolute atomic E-state index is 0.966. The zero-order chi connectivity index (χ0) is 8.85. The van der Waals surface area contributed by atoms with Crippen LogP contribution in [-0.4, -0.2) is 7.05 Å². The molecule has 11 heavy (non-hydrogen) atoms. The largest absolute Gasteiger partial charge is 0.388 e. The van der Waals surface area contributed by atoms with E-state index in [0.29, 0.717) is 0 Å². The lowest BCUT2D eigenvalue weighted by molar-refractivity contribution is 1.02. The van der Waals surface area contributed by atoms with Crippen LogP contribution >= 0.6 is 0 Å². The molecule has 0 atom stereocenters. The number of nitrogens with one attached hydrogen (secondary N) is 1. The van der Waals surface area contributed by atoms with Gasteiger partial charge in [0.05, 0.1) is 0 Å². The van der Waals surface area contributed by atoms with E-state index in [4.69, 9.17) is 0 Å². The molecule has 0 amide bonds. The predicted octanol–water partition coefficient (Wildman–Crippen LogP) is 2.63. The zero-order valence-electron chi connectivity index (χ0n) is 7.86. The van der Waals surface area contributed by atoms with Gasteiger partial charge in [0, 0.05) is 12.7 Å². The molecular weight excluding hydrogens is 134 g/mol. The maximum absolute atomic E-state index is 3.87. The second kappa shape index (κ2) is 4.78. The van der Waals surface area contributed by atoms with Crippen LogP contribution in [0.5, 0.6) is 0 Å². The first kappa shape index (κ1) is 10.0. The molecule has 0 aliphatic heterocycles.